The van der Waals surface area contributed by atoms with E-state index in [0.717, 1.165) is 31.5 Å². The number of aliphatic carboxylic acids is 1. The maximum Gasteiger partial charge on any atom is 1.00 e. The second-order valence-corrected chi connectivity index (χ2v) is 7.55. The van der Waals surface area contributed by atoms with E-state index < -0.39 is 11.9 Å². The van der Waals surface area contributed by atoms with Gasteiger partial charge in [-0.15, -0.1) is 0 Å². The third-order valence-corrected chi connectivity index (χ3v) is 5.03. The molecule has 0 heterocycles. The third kappa shape index (κ3) is 16.4. The van der Waals surface area contributed by atoms with Crippen LogP contribution in [0, 0.1) is 0 Å². The first-order valence-electron chi connectivity index (χ1n) is 10.9. The Balaban J connectivity index is 0.00000784. The number of aromatic carboxylic acids is 1. The summed E-state index contributed by atoms with van der Waals surface area (Å²) < 4.78 is 0. The van der Waals surface area contributed by atoms with Crippen LogP contribution in [0.1, 0.15) is 100 Å². The third-order valence-electron chi connectivity index (χ3n) is 5.03. The predicted molar refractivity (Wildman–Crippen MR) is 114 cm³/mol. The summed E-state index contributed by atoms with van der Waals surface area (Å²) in [5.41, 5.74) is 1.30. The minimum atomic E-state index is -0.889. The summed E-state index contributed by atoms with van der Waals surface area (Å²) in [6.07, 6.45) is 16.1. The fraction of sp³-hybridized carbons (Fsp3) is 0.652. The topological polar surface area (TPSA) is 86.6 Å². The predicted octanol–water partition coefficient (Wildman–Crippen LogP) is 3.35. The van der Waals surface area contributed by atoms with Gasteiger partial charge in [-0.25, -0.2) is 4.79 Å². The molecule has 1 rings (SSSR count). The molecule has 0 saturated heterocycles. The Kier molecular flexibility index (Phi) is 18.3. The Hall–Kier alpha value is -1.04. The summed E-state index contributed by atoms with van der Waals surface area (Å²) in [5, 5.41) is 20.8. The van der Waals surface area contributed by atoms with Crippen LogP contribution in [0.3, 0.4) is 0 Å². The zero-order chi connectivity index (χ0) is 20.5. The molecule has 0 aliphatic heterocycles. The molecule has 0 amide bonds. The molecule has 0 aliphatic carbocycles. The van der Waals surface area contributed by atoms with E-state index in [0.29, 0.717) is 12.0 Å². The summed E-state index contributed by atoms with van der Waals surface area (Å²) in [5.74, 6) is -1.57. The zero-order valence-corrected chi connectivity index (χ0v) is 20.1. The number of hydrogen-bond acceptors (Lipinski definition) is 3. The van der Waals surface area contributed by atoms with Gasteiger partial charge in [0.15, 0.2) is 0 Å². The molecule has 0 saturated carbocycles. The van der Waals surface area contributed by atoms with Crippen LogP contribution >= 0.6 is 0 Å². The van der Waals surface area contributed by atoms with Crippen LogP contribution in [-0.2, 0) is 4.79 Å². The van der Waals surface area contributed by atoms with E-state index in [1.165, 1.54) is 64.2 Å². The Morgan fingerprint density at radius 2 is 1.07 bits per heavy atom. The number of nitrogens with one attached hydrogen (secondary N) is 1. The summed E-state index contributed by atoms with van der Waals surface area (Å²) in [7, 11) is 0. The summed E-state index contributed by atoms with van der Waals surface area (Å²) in [6, 6.07) is 6.90. The van der Waals surface area contributed by atoms with Crippen molar-refractivity contribution in [1.29, 1.82) is 0 Å². The van der Waals surface area contributed by atoms with Gasteiger partial charge in [0.1, 0.15) is 0 Å². The van der Waals surface area contributed by atoms with E-state index in [1.807, 2.05) is 12.1 Å². The van der Waals surface area contributed by atoms with Gasteiger partial charge < -0.3 is 15.5 Å². The van der Waals surface area contributed by atoms with Crippen molar-refractivity contribution in [3.63, 3.8) is 0 Å². The van der Waals surface area contributed by atoms with E-state index in [9.17, 15) is 9.59 Å². The van der Waals surface area contributed by atoms with Crippen LogP contribution < -0.4 is 34.9 Å². The molecule has 0 unspecified atom stereocenters. The van der Waals surface area contributed by atoms with E-state index in [2.05, 4.69) is 5.32 Å². The van der Waals surface area contributed by atoms with Crippen LogP contribution in [-0.4, -0.2) is 28.7 Å². The van der Waals surface area contributed by atoms with E-state index >= 15 is 0 Å². The molecule has 0 atom stereocenters. The quantitative estimate of drug-likeness (QED) is 0.253. The van der Waals surface area contributed by atoms with Gasteiger partial charge in [0, 0.05) is 18.7 Å². The summed E-state index contributed by atoms with van der Waals surface area (Å²) in [6.45, 7) is 0.929. The second-order valence-electron chi connectivity index (χ2n) is 7.55. The van der Waals surface area contributed by atoms with Gasteiger partial charge in [-0.2, -0.15) is 0 Å². The number of carboxylic acid groups (broad SMARTS) is 2. The standard InChI is InChI=1S/C23H37NO4.Na/c25-22(26)14-12-10-8-6-4-2-1-3-5-7-9-11-13-19-24-21-17-15-20(16-18-21)23(27)28;/h15-18,24H,1-14,19H2,(H,25,26)(H,27,28);/q;+1. The van der Waals surface area contributed by atoms with Gasteiger partial charge in [-0.3, -0.25) is 4.79 Å². The van der Waals surface area contributed by atoms with E-state index in [4.69, 9.17) is 10.2 Å². The number of anilines is 1. The number of hydrogen-bond donors (Lipinski definition) is 3. The Bertz CT molecular complexity index is 548. The van der Waals surface area contributed by atoms with Gasteiger partial charge in [-0.05, 0) is 37.1 Å². The largest absolute Gasteiger partial charge is 1.00 e. The number of rotatable bonds is 18. The fourth-order valence-corrected chi connectivity index (χ4v) is 3.31. The average molecular weight is 415 g/mol. The minimum absolute atomic E-state index is 0. The summed E-state index contributed by atoms with van der Waals surface area (Å²) >= 11 is 0. The Labute approximate surface area is 198 Å². The van der Waals surface area contributed by atoms with Crippen LogP contribution in [0.25, 0.3) is 0 Å². The van der Waals surface area contributed by atoms with Gasteiger partial charge >= 0.3 is 41.5 Å². The Morgan fingerprint density at radius 3 is 1.48 bits per heavy atom. The fourth-order valence-electron chi connectivity index (χ4n) is 3.31. The van der Waals surface area contributed by atoms with Crippen molar-refractivity contribution >= 4 is 17.6 Å². The molecule has 0 bridgehead atoms. The number of benzene rings is 1. The monoisotopic (exact) mass is 414 g/mol. The van der Waals surface area contributed by atoms with Crippen molar-refractivity contribution in [3.8, 4) is 0 Å². The van der Waals surface area contributed by atoms with Crippen LogP contribution in [0.15, 0.2) is 24.3 Å². The van der Waals surface area contributed by atoms with Gasteiger partial charge in [-0.1, -0.05) is 70.6 Å². The van der Waals surface area contributed by atoms with Crippen molar-refractivity contribution in [2.24, 2.45) is 0 Å². The SMILES string of the molecule is O=C(O)CCCCCCCCCCCCCCCNc1ccc(C(=O)O)cc1.[Na+]. The smallest absolute Gasteiger partial charge is 0.481 e. The normalized spacial score (nSPS) is 10.3. The molecule has 1 aromatic rings. The minimum Gasteiger partial charge on any atom is -0.481 e. The first kappa shape index (κ1) is 28.0. The average Bonchev–Trinajstić information content (AvgIpc) is 2.67. The molecule has 158 valence electrons. The van der Waals surface area contributed by atoms with Crippen molar-refractivity contribution < 1.29 is 49.4 Å². The molecule has 6 heteroatoms. The number of carboxylic acids is 2. The van der Waals surface area contributed by atoms with Gasteiger partial charge in [0.25, 0.3) is 0 Å². The molecule has 0 aromatic heterocycles. The molecule has 0 aliphatic rings. The molecule has 5 nitrogen and oxygen atoms in total. The maximum absolute atomic E-state index is 10.8. The molecular weight excluding hydrogens is 377 g/mol. The van der Waals surface area contributed by atoms with Crippen molar-refractivity contribution in [1.82, 2.24) is 0 Å². The second kappa shape index (κ2) is 19.0. The van der Waals surface area contributed by atoms with E-state index in [1.54, 1.807) is 12.1 Å². The van der Waals surface area contributed by atoms with Gasteiger partial charge in [0.05, 0.1) is 5.56 Å². The number of carbonyl (C=O) groups is 2. The van der Waals surface area contributed by atoms with E-state index in [-0.39, 0.29) is 29.6 Å². The molecule has 1 aromatic carbocycles. The van der Waals surface area contributed by atoms with Crippen LogP contribution in [0.4, 0.5) is 5.69 Å². The van der Waals surface area contributed by atoms with Crippen molar-refractivity contribution in [2.75, 3.05) is 11.9 Å². The molecule has 29 heavy (non-hydrogen) atoms. The first-order valence-corrected chi connectivity index (χ1v) is 10.9. The zero-order valence-electron chi connectivity index (χ0n) is 18.1. The first-order chi connectivity index (χ1) is 13.6. The molecule has 0 radical (unpaired) electrons. The molecule has 3 N–H and O–H groups in total. The maximum atomic E-state index is 10.8. The molecule has 0 fully saturated rings. The van der Waals surface area contributed by atoms with Gasteiger partial charge in [0.2, 0.25) is 0 Å². The van der Waals surface area contributed by atoms with Crippen molar-refractivity contribution in [3.05, 3.63) is 29.8 Å². The molecule has 0 spiro atoms. The van der Waals surface area contributed by atoms with Crippen LogP contribution in [0.2, 0.25) is 0 Å². The Morgan fingerprint density at radius 1 is 0.655 bits per heavy atom. The van der Waals surface area contributed by atoms with Crippen molar-refractivity contribution in [2.45, 2.75) is 89.9 Å². The summed E-state index contributed by atoms with van der Waals surface area (Å²) in [4.78, 5) is 21.2. The van der Waals surface area contributed by atoms with Crippen LogP contribution in [0.5, 0.6) is 0 Å². The molecular formula is C23H37NNaO4+. The number of unbranched alkanes of at least 4 members (excludes halogenated alkanes) is 12.